The third-order valence-corrected chi connectivity index (χ3v) is 6.90. The molecule has 2 aromatic rings. The molecule has 2 aliphatic rings. The van der Waals surface area contributed by atoms with Crippen LogP contribution >= 0.6 is 0 Å². The first-order valence-corrected chi connectivity index (χ1v) is 11.1. The topological polar surface area (TPSA) is 0 Å². The summed E-state index contributed by atoms with van der Waals surface area (Å²) in [5.74, 6) is -1.93. The standard InChI is InChI=1S/C26H28F4/c1-2-3-4-16-5-7-17(8-6-16)20-14-23(28)25(24(29)15-20)19-9-11-21-18(13-19)10-12-22(27)26(21)30/h9-10,12,14-17H,2-8,11,13H2,1H3. The zero-order chi connectivity index (χ0) is 21.3. The van der Waals surface area contributed by atoms with Crippen molar-refractivity contribution in [2.45, 2.75) is 70.6 Å². The molecular weight excluding hydrogens is 388 g/mol. The maximum absolute atomic E-state index is 15.0. The number of hydrogen-bond donors (Lipinski definition) is 0. The molecule has 160 valence electrons. The van der Waals surface area contributed by atoms with Crippen molar-refractivity contribution in [3.8, 4) is 0 Å². The molecule has 0 spiro atoms. The third kappa shape index (κ3) is 4.19. The lowest BCUT2D eigenvalue weighted by Gasteiger charge is -2.29. The fraction of sp³-hybridized carbons (Fsp3) is 0.462. The Labute approximate surface area is 176 Å². The molecule has 0 unspecified atom stereocenters. The molecule has 0 N–H and O–H groups in total. The Bertz CT molecular complexity index is 929. The third-order valence-electron chi connectivity index (χ3n) is 6.90. The Morgan fingerprint density at radius 1 is 0.900 bits per heavy atom. The van der Waals surface area contributed by atoms with Crippen LogP contribution < -0.4 is 0 Å². The van der Waals surface area contributed by atoms with Crippen molar-refractivity contribution in [1.82, 2.24) is 0 Å². The first-order valence-electron chi connectivity index (χ1n) is 11.1. The summed E-state index contributed by atoms with van der Waals surface area (Å²) < 4.78 is 57.4. The minimum absolute atomic E-state index is 0.0363. The lowest BCUT2D eigenvalue weighted by atomic mass is 9.76. The molecule has 2 aliphatic carbocycles. The molecule has 0 radical (unpaired) electrons. The maximum Gasteiger partial charge on any atom is 0.162 e. The number of rotatable bonds is 5. The largest absolute Gasteiger partial charge is 0.206 e. The highest BCUT2D eigenvalue weighted by Crippen LogP contribution is 2.40. The lowest BCUT2D eigenvalue weighted by molar-refractivity contribution is 0.303. The van der Waals surface area contributed by atoms with Crippen LogP contribution in [-0.2, 0) is 12.8 Å². The monoisotopic (exact) mass is 416 g/mol. The second-order valence-electron chi connectivity index (χ2n) is 8.83. The second-order valence-corrected chi connectivity index (χ2v) is 8.83. The molecule has 30 heavy (non-hydrogen) atoms. The summed E-state index contributed by atoms with van der Waals surface area (Å²) in [4.78, 5) is 0. The van der Waals surface area contributed by atoms with E-state index in [0.29, 0.717) is 11.1 Å². The van der Waals surface area contributed by atoms with Crippen LogP contribution in [0.4, 0.5) is 17.6 Å². The summed E-state index contributed by atoms with van der Waals surface area (Å²) in [7, 11) is 0. The molecule has 1 fully saturated rings. The minimum atomic E-state index is -0.892. The molecule has 4 heteroatoms. The minimum Gasteiger partial charge on any atom is -0.206 e. The summed E-state index contributed by atoms with van der Waals surface area (Å²) in [6.07, 6.45) is 9.87. The van der Waals surface area contributed by atoms with Gasteiger partial charge in [-0.15, -0.1) is 0 Å². The van der Waals surface area contributed by atoms with Crippen LogP contribution in [0.25, 0.3) is 5.57 Å². The zero-order valence-electron chi connectivity index (χ0n) is 17.4. The van der Waals surface area contributed by atoms with Crippen molar-refractivity contribution < 1.29 is 17.6 Å². The first kappa shape index (κ1) is 21.1. The van der Waals surface area contributed by atoms with Gasteiger partial charge in [0.15, 0.2) is 11.6 Å². The Kier molecular flexibility index (Phi) is 6.31. The Morgan fingerprint density at radius 3 is 2.27 bits per heavy atom. The van der Waals surface area contributed by atoms with Crippen LogP contribution in [-0.4, -0.2) is 0 Å². The quantitative estimate of drug-likeness (QED) is 0.435. The van der Waals surface area contributed by atoms with E-state index < -0.39 is 23.3 Å². The highest BCUT2D eigenvalue weighted by Gasteiger charge is 2.26. The Balaban J connectivity index is 1.52. The fourth-order valence-electron chi connectivity index (χ4n) is 5.12. The Morgan fingerprint density at radius 2 is 1.60 bits per heavy atom. The number of hydrogen-bond acceptors (Lipinski definition) is 0. The van der Waals surface area contributed by atoms with Gasteiger partial charge >= 0.3 is 0 Å². The van der Waals surface area contributed by atoms with Gasteiger partial charge in [0.05, 0.1) is 0 Å². The predicted octanol–water partition coefficient (Wildman–Crippen LogP) is 7.89. The number of halogens is 4. The van der Waals surface area contributed by atoms with Gasteiger partial charge in [-0.2, -0.15) is 0 Å². The van der Waals surface area contributed by atoms with Crippen LogP contribution in [0.1, 0.15) is 80.0 Å². The summed E-state index contributed by atoms with van der Waals surface area (Å²) in [6.45, 7) is 2.20. The van der Waals surface area contributed by atoms with Crippen LogP contribution in [0.15, 0.2) is 30.3 Å². The van der Waals surface area contributed by atoms with E-state index in [0.717, 1.165) is 43.2 Å². The highest BCUT2D eigenvalue weighted by molar-refractivity contribution is 5.71. The van der Waals surface area contributed by atoms with Gasteiger partial charge in [-0.1, -0.05) is 38.3 Å². The first-order chi connectivity index (χ1) is 14.5. The SMILES string of the molecule is CCCCC1CCC(c2cc(F)c(C3=CCc4c(ccc(F)c4F)C3)c(F)c2)CC1. The molecule has 0 bridgehead atoms. The smallest absolute Gasteiger partial charge is 0.162 e. The molecule has 2 aromatic carbocycles. The lowest BCUT2D eigenvalue weighted by Crippen LogP contribution is -2.14. The second kappa shape index (κ2) is 8.95. The molecule has 0 atom stereocenters. The van der Waals surface area contributed by atoms with Gasteiger partial charge in [-0.25, -0.2) is 17.6 Å². The van der Waals surface area contributed by atoms with Crippen LogP contribution in [0.2, 0.25) is 0 Å². The van der Waals surface area contributed by atoms with Gasteiger partial charge in [0.1, 0.15) is 11.6 Å². The van der Waals surface area contributed by atoms with Crippen LogP contribution in [0, 0.1) is 29.2 Å². The van der Waals surface area contributed by atoms with E-state index in [9.17, 15) is 17.6 Å². The molecular formula is C26H28F4. The number of benzene rings is 2. The summed E-state index contributed by atoms with van der Waals surface area (Å²) in [5.41, 5.74) is 2.06. The highest BCUT2D eigenvalue weighted by atomic mass is 19.2. The van der Waals surface area contributed by atoms with E-state index in [1.165, 1.54) is 37.5 Å². The van der Waals surface area contributed by atoms with Crippen molar-refractivity contribution in [3.05, 3.63) is 75.9 Å². The molecule has 0 amide bonds. The fourth-order valence-corrected chi connectivity index (χ4v) is 5.12. The van der Waals surface area contributed by atoms with Crippen molar-refractivity contribution in [1.29, 1.82) is 0 Å². The van der Waals surface area contributed by atoms with E-state index in [1.54, 1.807) is 6.08 Å². The molecule has 1 saturated carbocycles. The maximum atomic E-state index is 15.0. The molecule has 0 aromatic heterocycles. The number of fused-ring (bicyclic) bond motifs is 1. The van der Waals surface area contributed by atoms with E-state index in [-0.39, 0.29) is 29.9 Å². The predicted molar refractivity (Wildman–Crippen MR) is 112 cm³/mol. The van der Waals surface area contributed by atoms with E-state index in [4.69, 9.17) is 0 Å². The summed E-state index contributed by atoms with van der Waals surface area (Å²) >= 11 is 0. The normalized spacial score (nSPS) is 21.3. The summed E-state index contributed by atoms with van der Waals surface area (Å²) in [6, 6.07) is 5.54. The van der Waals surface area contributed by atoms with E-state index in [2.05, 4.69) is 6.92 Å². The molecule has 0 saturated heterocycles. The van der Waals surface area contributed by atoms with Gasteiger partial charge in [0, 0.05) is 5.56 Å². The van der Waals surface area contributed by atoms with Crippen LogP contribution in [0.3, 0.4) is 0 Å². The molecule has 0 heterocycles. The van der Waals surface area contributed by atoms with E-state index >= 15 is 0 Å². The van der Waals surface area contributed by atoms with Crippen molar-refractivity contribution >= 4 is 5.57 Å². The number of unbranched alkanes of at least 4 members (excludes halogenated alkanes) is 1. The van der Waals surface area contributed by atoms with Gasteiger partial charge in [-0.3, -0.25) is 0 Å². The summed E-state index contributed by atoms with van der Waals surface area (Å²) in [5, 5.41) is 0. The molecule has 4 rings (SSSR count). The van der Waals surface area contributed by atoms with Crippen molar-refractivity contribution in [2.24, 2.45) is 5.92 Å². The molecule has 0 aliphatic heterocycles. The Hall–Kier alpha value is -2.10. The average molecular weight is 417 g/mol. The van der Waals surface area contributed by atoms with Crippen molar-refractivity contribution in [3.63, 3.8) is 0 Å². The van der Waals surface area contributed by atoms with Crippen molar-refractivity contribution in [2.75, 3.05) is 0 Å². The number of allylic oxidation sites excluding steroid dienone is 2. The van der Waals surface area contributed by atoms with Gasteiger partial charge in [-0.05, 0) is 90.8 Å². The van der Waals surface area contributed by atoms with Gasteiger partial charge in [0.2, 0.25) is 0 Å². The van der Waals surface area contributed by atoms with Gasteiger partial charge < -0.3 is 0 Å². The zero-order valence-corrected chi connectivity index (χ0v) is 17.4. The molecule has 0 nitrogen and oxygen atoms in total. The van der Waals surface area contributed by atoms with Gasteiger partial charge in [0.25, 0.3) is 0 Å². The van der Waals surface area contributed by atoms with Crippen LogP contribution in [0.5, 0.6) is 0 Å². The average Bonchev–Trinajstić information content (AvgIpc) is 2.75. The van der Waals surface area contributed by atoms with E-state index in [1.807, 2.05) is 0 Å².